The van der Waals surface area contributed by atoms with E-state index in [1.807, 2.05) is 0 Å². The molecule has 3 aromatic rings. The number of halogens is 1. The normalized spacial score (nSPS) is 19.7. The average Bonchev–Trinajstić information content (AvgIpc) is 3.08. The fraction of sp³-hybridized carbons (Fsp3) is 0.316. The van der Waals surface area contributed by atoms with Crippen LogP contribution in [-0.4, -0.2) is 28.0 Å². The minimum Gasteiger partial charge on any atom is -0.474 e. The van der Waals surface area contributed by atoms with Crippen LogP contribution in [0.5, 0.6) is 5.88 Å². The van der Waals surface area contributed by atoms with Crippen molar-refractivity contribution in [1.29, 1.82) is 0 Å². The zero-order valence-electron chi connectivity index (χ0n) is 14.5. The summed E-state index contributed by atoms with van der Waals surface area (Å²) in [5, 5.41) is 3.22. The van der Waals surface area contributed by atoms with E-state index in [9.17, 15) is 9.18 Å². The number of pyridine rings is 1. The van der Waals surface area contributed by atoms with Gasteiger partial charge in [0.2, 0.25) is 5.88 Å². The van der Waals surface area contributed by atoms with E-state index in [2.05, 4.69) is 15.3 Å². The fourth-order valence-corrected chi connectivity index (χ4v) is 3.31. The van der Waals surface area contributed by atoms with Gasteiger partial charge >= 0.3 is 0 Å². The van der Waals surface area contributed by atoms with Gasteiger partial charge in [0.25, 0.3) is 11.9 Å². The van der Waals surface area contributed by atoms with Gasteiger partial charge in [-0.05, 0) is 49.9 Å². The quantitative estimate of drug-likeness (QED) is 0.714. The fourth-order valence-electron chi connectivity index (χ4n) is 3.31. The molecule has 0 radical (unpaired) electrons. The zero-order valence-corrected chi connectivity index (χ0v) is 14.5. The van der Waals surface area contributed by atoms with Gasteiger partial charge in [-0.15, -0.1) is 0 Å². The van der Waals surface area contributed by atoms with Crippen molar-refractivity contribution in [2.24, 2.45) is 5.73 Å². The molecule has 1 aliphatic carbocycles. The third-order valence-electron chi connectivity index (χ3n) is 4.69. The molecule has 140 valence electrons. The van der Waals surface area contributed by atoms with Gasteiger partial charge in [0.05, 0.1) is 0 Å². The summed E-state index contributed by atoms with van der Waals surface area (Å²) >= 11 is 0. The molecule has 0 spiro atoms. The van der Waals surface area contributed by atoms with Crippen LogP contribution >= 0.6 is 0 Å². The lowest BCUT2D eigenvalue weighted by atomic mass is 9.93. The summed E-state index contributed by atoms with van der Waals surface area (Å²) < 4.78 is 25.2. The number of carbonyl (C=O) groups excluding carboxylic acids is 1. The molecule has 0 atom stereocenters. The molecule has 7 nitrogen and oxygen atoms in total. The predicted molar refractivity (Wildman–Crippen MR) is 97.0 cm³/mol. The van der Waals surface area contributed by atoms with Crippen molar-refractivity contribution >= 4 is 23.0 Å². The number of anilines is 1. The maximum Gasteiger partial charge on any atom is 0.296 e. The number of amides is 1. The first kappa shape index (κ1) is 17.3. The number of nitrogens with zero attached hydrogens (tertiary/aromatic N) is 2. The molecule has 1 aromatic carbocycles. The van der Waals surface area contributed by atoms with E-state index < -0.39 is 11.7 Å². The number of benzene rings is 1. The first-order valence-electron chi connectivity index (χ1n) is 8.83. The lowest BCUT2D eigenvalue weighted by Crippen LogP contribution is -2.32. The topological polar surface area (TPSA) is 103 Å². The highest BCUT2D eigenvalue weighted by Crippen LogP contribution is 2.28. The molecule has 0 bridgehead atoms. The van der Waals surface area contributed by atoms with Crippen LogP contribution in [0.2, 0.25) is 0 Å². The number of fused-ring (bicyclic) bond motifs is 1. The Bertz CT molecular complexity index is 966. The number of rotatable bonds is 5. The maximum absolute atomic E-state index is 13.7. The molecule has 0 saturated heterocycles. The van der Waals surface area contributed by atoms with E-state index in [-0.39, 0.29) is 29.1 Å². The van der Waals surface area contributed by atoms with Crippen molar-refractivity contribution in [2.75, 3.05) is 5.32 Å². The summed E-state index contributed by atoms with van der Waals surface area (Å²) in [6.07, 6.45) is 4.73. The van der Waals surface area contributed by atoms with Gasteiger partial charge in [0, 0.05) is 12.2 Å². The number of hydrogen-bond donors (Lipinski definition) is 2. The second-order valence-corrected chi connectivity index (χ2v) is 6.56. The number of aromatic nitrogens is 2. The minimum absolute atomic E-state index is 0.0443. The SMILES string of the molecule is NC(=O)c1cccnc1OC1CCC(Nc2nc3c(F)cccc3o2)CC1. The molecule has 8 heteroatoms. The highest BCUT2D eigenvalue weighted by atomic mass is 19.1. The van der Waals surface area contributed by atoms with Gasteiger partial charge in [-0.1, -0.05) is 6.07 Å². The summed E-state index contributed by atoms with van der Waals surface area (Å²) in [7, 11) is 0. The molecule has 27 heavy (non-hydrogen) atoms. The molecule has 1 saturated carbocycles. The number of nitrogens with two attached hydrogens (primary N) is 1. The Morgan fingerprint density at radius 1 is 1.22 bits per heavy atom. The Morgan fingerprint density at radius 3 is 2.78 bits per heavy atom. The standard InChI is InChI=1S/C19H19FN4O3/c20-14-4-1-5-15-16(14)24-19(27-15)23-11-6-8-12(9-7-11)26-18-13(17(21)25)3-2-10-22-18/h1-5,10-12H,6-9H2,(H2,21,25)(H,23,24). The number of nitrogens with one attached hydrogen (secondary N) is 1. The number of para-hydroxylation sites is 1. The van der Waals surface area contributed by atoms with Crippen LogP contribution in [0.15, 0.2) is 40.9 Å². The van der Waals surface area contributed by atoms with Gasteiger partial charge in [0.15, 0.2) is 11.4 Å². The van der Waals surface area contributed by atoms with Gasteiger partial charge < -0.3 is 20.2 Å². The second kappa shape index (κ2) is 7.22. The van der Waals surface area contributed by atoms with Crippen LogP contribution in [0.25, 0.3) is 11.1 Å². The first-order valence-corrected chi connectivity index (χ1v) is 8.83. The lowest BCUT2D eigenvalue weighted by molar-refractivity contribution is 0.0983. The summed E-state index contributed by atoms with van der Waals surface area (Å²) in [6.45, 7) is 0. The van der Waals surface area contributed by atoms with Gasteiger partial charge in [-0.2, -0.15) is 4.98 Å². The maximum atomic E-state index is 13.7. The molecule has 3 N–H and O–H groups in total. The van der Waals surface area contributed by atoms with Crippen molar-refractivity contribution in [1.82, 2.24) is 9.97 Å². The smallest absolute Gasteiger partial charge is 0.296 e. The summed E-state index contributed by atoms with van der Waals surface area (Å²) in [4.78, 5) is 19.8. The molecule has 0 unspecified atom stereocenters. The molecule has 0 aliphatic heterocycles. The molecule has 1 fully saturated rings. The van der Waals surface area contributed by atoms with E-state index in [0.717, 1.165) is 25.7 Å². The van der Waals surface area contributed by atoms with Gasteiger partial charge in [-0.3, -0.25) is 4.79 Å². The Morgan fingerprint density at radius 2 is 2.04 bits per heavy atom. The summed E-state index contributed by atoms with van der Waals surface area (Å²) in [5.41, 5.74) is 6.29. The Labute approximate surface area is 154 Å². The number of primary amides is 1. The highest BCUT2D eigenvalue weighted by molar-refractivity contribution is 5.94. The van der Waals surface area contributed by atoms with Gasteiger partial charge in [0.1, 0.15) is 17.2 Å². The Hall–Kier alpha value is -3.16. The van der Waals surface area contributed by atoms with E-state index in [1.165, 1.54) is 6.07 Å². The van der Waals surface area contributed by atoms with Crippen LogP contribution in [0.1, 0.15) is 36.0 Å². The predicted octanol–water partition coefficient (Wildman–Crippen LogP) is 3.26. The van der Waals surface area contributed by atoms with E-state index in [1.54, 1.807) is 30.5 Å². The van der Waals surface area contributed by atoms with Crippen LogP contribution in [0.3, 0.4) is 0 Å². The summed E-state index contributed by atoms with van der Waals surface area (Å²) in [6, 6.07) is 8.36. The molecule has 2 aromatic heterocycles. The third kappa shape index (κ3) is 3.69. The van der Waals surface area contributed by atoms with Crippen LogP contribution < -0.4 is 15.8 Å². The lowest BCUT2D eigenvalue weighted by Gasteiger charge is -2.29. The summed E-state index contributed by atoms with van der Waals surface area (Å²) in [5.74, 6) is -0.686. The van der Waals surface area contributed by atoms with Crippen molar-refractivity contribution in [3.05, 3.63) is 47.9 Å². The largest absolute Gasteiger partial charge is 0.474 e. The van der Waals surface area contributed by atoms with Crippen molar-refractivity contribution < 1.29 is 18.3 Å². The minimum atomic E-state index is -0.559. The molecule has 1 aliphatic rings. The third-order valence-corrected chi connectivity index (χ3v) is 4.69. The number of hydrogen-bond acceptors (Lipinski definition) is 6. The molecular weight excluding hydrogens is 351 g/mol. The number of ether oxygens (including phenoxy) is 1. The van der Waals surface area contributed by atoms with Gasteiger partial charge in [-0.25, -0.2) is 9.37 Å². The highest BCUT2D eigenvalue weighted by Gasteiger charge is 2.25. The van der Waals surface area contributed by atoms with Crippen LogP contribution in [0.4, 0.5) is 10.4 Å². The number of carbonyl (C=O) groups is 1. The average molecular weight is 370 g/mol. The van der Waals surface area contributed by atoms with Crippen molar-refractivity contribution in [3.8, 4) is 5.88 Å². The Balaban J connectivity index is 1.36. The molecule has 2 heterocycles. The van der Waals surface area contributed by atoms with Crippen LogP contribution in [0, 0.1) is 5.82 Å². The molecular formula is C19H19FN4O3. The second-order valence-electron chi connectivity index (χ2n) is 6.56. The van der Waals surface area contributed by atoms with E-state index in [0.29, 0.717) is 11.6 Å². The van der Waals surface area contributed by atoms with E-state index >= 15 is 0 Å². The van der Waals surface area contributed by atoms with Crippen LogP contribution in [-0.2, 0) is 0 Å². The molecule has 1 amide bonds. The Kier molecular flexibility index (Phi) is 4.62. The monoisotopic (exact) mass is 370 g/mol. The van der Waals surface area contributed by atoms with Crippen molar-refractivity contribution in [3.63, 3.8) is 0 Å². The van der Waals surface area contributed by atoms with E-state index in [4.69, 9.17) is 14.9 Å². The van der Waals surface area contributed by atoms with Crippen molar-refractivity contribution in [2.45, 2.75) is 37.8 Å². The zero-order chi connectivity index (χ0) is 18.8. The molecule has 4 rings (SSSR count). The number of oxazole rings is 1. The first-order chi connectivity index (χ1) is 13.1.